The first kappa shape index (κ1) is 18.5. The number of nitrogens with zero attached hydrogens (tertiary/aromatic N) is 3. The Morgan fingerprint density at radius 2 is 2.15 bits per heavy atom. The summed E-state index contributed by atoms with van der Waals surface area (Å²) in [5.74, 6) is 0.802. The quantitative estimate of drug-likeness (QED) is 0.818. The SMILES string of the molecule is Cc1nc(/C=C/C(=O)NCc2ccc(N3CC(C)OC(C)C3)nc2)cs1. The molecule has 2 unspecified atom stereocenters. The molecule has 0 radical (unpaired) electrons. The fraction of sp³-hybridized carbons (Fsp3) is 0.421. The van der Waals surface area contributed by atoms with E-state index in [1.54, 1.807) is 17.4 Å². The Kier molecular flexibility index (Phi) is 6.00. The van der Waals surface area contributed by atoms with Gasteiger partial charge >= 0.3 is 0 Å². The molecule has 7 heteroatoms. The zero-order valence-corrected chi connectivity index (χ0v) is 16.1. The van der Waals surface area contributed by atoms with Crippen LogP contribution >= 0.6 is 11.3 Å². The molecule has 0 saturated carbocycles. The van der Waals surface area contributed by atoms with Crippen molar-refractivity contribution in [3.8, 4) is 0 Å². The van der Waals surface area contributed by atoms with Crippen molar-refractivity contribution in [3.05, 3.63) is 46.1 Å². The molecule has 0 aliphatic carbocycles. The minimum absolute atomic E-state index is 0.143. The highest BCUT2D eigenvalue weighted by molar-refractivity contribution is 7.09. The fourth-order valence-corrected chi connectivity index (χ4v) is 3.52. The van der Waals surface area contributed by atoms with E-state index in [4.69, 9.17) is 4.74 Å². The zero-order chi connectivity index (χ0) is 18.5. The summed E-state index contributed by atoms with van der Waals surface area (Å²) in [5, 5.41) is 5.78. The minimum atomic E-state index is -0.143. The number of thiazole rings is 1. The van der Waals surface area contributed by atoms with Crippen molar-refractivity contribution in [3.63, 3.8) is 0 Å². The molecule has 0 aromatic carbocycles. The Hall–Kier alpha value is -2.25. The fourth-order valence-electron chi connectivity index (χ4n) is 2.94. The molecule has 2 aromatic heterocycles. The summed E-state index contributed by atoms with van der Waals surface area (Å²) >= 11 is 1.57. The van der Waals surface area contributed by atoms with Crippen LogP contribution in [-0.2, 0) is 16.1 Å². The van der Waals surface area contributed by atoms with Crippen molar-refractivity contribution in [2.24, 2.45) is 0 Å². The number of hydrogen-bond donors (Lipinski definition) is 1. The van der Waals surface area contributed by atoms with Gasteiger partial charge in [0.15, 0.2) is 0 Å². The number of carbonyl (C=O) groups excluding carboxylic acids is 1. The van der Waals surface area contributed by atoms with Gasteiger partial charge in [0.25, 0.3) is 0 Å². The van der Waals surface area contributed by atoms with Gasteiger partial charge in [-0.25, -0.2) is 9.97 Å². The molecule has 1 amide bonds. The topological polar surface area (TPSA) is 67.4 Å². The molecular weight excluding hydrogens is 348 g/mol. The van der Waals surface area contributed by atoms with Gasteiger partial charge in [0, 0.05) is 37.3 Å². The molecule has 3 rings (SSSR count). The van der Waals surface area contributed by atoms with Crippen molar-refractivity contribution in [1.29, 1.82) is 0 Å². The van der Waals surface area contributed by atoms with Gasteiger partial charge in [-0.05, 0) is 38.5 Å². The third-order valence-electron chi connectivity index (χ3n) is 4.06. The van der Waals surface area contributed by atoms with E-state index < -0.39 is 0 Å². The third-order valence-corrected chi connectivity index (χ3v) is 4.85. The molecule has 2 aromatic rings. The highest BCUT2D eigenvalue weighted by atomic mass is 32.1. The Morgan fingerprint density at radius 1 is 1.38 bits per heavy atom. The van der Waals surface area contributed by atoms with Crippen LogP contribution in [0.5, 0.6) is 0 Å². The van der Waals surface area contributed by atoms with Crippen LogP contribution in [0.25, 0.3) is 6.08 Å². The van der Waals surface area contributed by atoms with E-state index in [9.17, 15) is 4.79 Å². The van der Waals surface area contributed by atoms with Gasteiger partial charge < -0.3 is 15.0 Å². The molecule has 1 saturated heterocycles. The monoisotopic (exact) mass is 372 g/mol. The van der Waals surface area contributed by atoms with E-state index in [2.05, 4.69) is 34.0 Å². The van der Waals surface area contributed by atoms with Crippen LogP contribution in [-0.4, -0.2) is 41.2 Å². The van der Waals surface area contributed by atoms with Crippen LogP contribution in [0.1, 0.15) is 30.1 Å². The Labute approximate surface area is 157 Å². The van der Waals surface area contributed by atoms with E-state index >= 15 is 0 Å². The summed E-state index contributed by atoms with van der Waals surface area (Å²) in [5.41, 5.74) is 1.77. The maximum atomic E-state index is 11.9. The predicted molar refractivity (Wildman–Crippen MR) is 104 cm³/mol. The highest BCUT2D eigenvalue weighted by Crippen LogP contribution is 2.18. The number of nitrogens with one attached hydrogen (secondary N) is 1. The molecule has 1 N–H and O–H groups in total. The normalized spacial score (nSPS) is 20.5. The number of aryl methyl sites for hydroxylation is 1. The molecule has 138 valence electrons. The number of rotatable bonds is 5. The number of carbonyl (C=O) groups is 1. The lowest BCUT2D eigenvalue weighted by Crippen LogP contribution is -2.45. The highest BCUT2D eigenvalue weighted by Gasteiger charge is 2.22. The lowest BCUT2D eigenvalue weighted by atomic mass is 10.2. The lowest BCUT2D eigenvalue weighted by molar-refractivity contribution is -0.116. The Bertz CT molecular complexity index is 762. The third kappa shape index (κ3) is 5.12. The number of morpholine rings is 1. The molecule has 26 heavy (non-hydrogen) atoms. The minimum Gasteiger partial charge on any atom is -0.372 e. The molecule has 1 fully saturated rings. The number of amides is 1. The van der Waals surface area contributed by atoms with Gasteiger partial charge in [-0.3, -0.25) is 4.79 Å². The van der Waals surface area contributed by atoms with Gasteiger partial charge in [0.05, 0.1) is 22.9 Å². The zero-order valence-electron chi connectivity index (χ0n) is 15.3. The number of anilines is 1. The van der Waals surface area contributed by atoms with Gasteiger partial charge in [0.1, 0.15) is 5.82 Å². The summed E-state index contributed by atoms with van der Waals surface area (Å²) in [6.07, 6.45) is 5.45. The van der Waals surface area contributed by atoms with E-state index in [1.807, 2.05) is 30.6 Å². The maximum Gasteiger partial charge on any atom is 0.244 e. The second kappa shape index (κ2) is 8.42. The standard InChI is InChI=1S/C19H24N4O2S/c1-13-10-23(11-14(2)25-13)18-6-4-16(8-20-18)9-21-19(24)7-5-17-12-26-15(3)22-17/h4-8,12-14H,9-11H2,1-3H3,(H,21,24)/b7-5+. The van der Waals surface area contributed by atoms with Crippen LogP contribution in [0.4, 0.5) is 5.82 Å². The summed E-state index contributed by atoms with van der Waals surface area (Å²) in [7, 11) is 0. The van der Waals surface area contributed by atoms with Gasteiger partial charge in [-0.1, -0.05) is 6.07 Å². The first-order valence-electron chi connectivity index (χ1n) is 8.73. The van der Waals surface area contributed by atoms with Crippen LogP contribution in [0.3, 0.4) is 0 Å². The smallest absolute Gasteiger partial charge is 0.244 e. The van der Waals surface area contributed by atoms with Gasteiger partial charge in [-0.15, -0.1) is 11.3 Å². The molecule has 0 spiro atoms. The van der Waals surface area contributed by atoms with Crippen LogP contribution in [0.15, 0.2) is 29.8 Å². The summed E-state index contributed by atoms with van der Waals surface area (Å²) < 4.78 is 5.76. The van der Waals surface area contributed by atoms with E-state index in [0.29, 0.717) is 6.54 Å². The molecule has 1 aliphatic rings. The molecule has 6 nitrogen and oxygen atoms in total. The molecular formula is C19H24N4O2S. The molecule has 1 aliphatic heterocycles. The van der Waals surface area contributed by atoms with Crippen LogP contribution in [0.2, 0.25) is 0 Å². The van der Waals surface area contributed by atoms with E-state index in [1.165, 1.54) is 6.08 Å². The van der Waals surface area contributed by atoms with Crippen molar-refractivity contribution in [2.45, 2.75) is 39.5 Å². The van der Waals surface area contributed by atoms with Crippen molar-refractivity contribution < 1.29 is 9.53 Å². The second-order valence-electron chi connectivity index (χ2n) is 6.53. The molecule has 0 bridgehead atoms. The van der Waals surface area contributed by atoms with Crippen molar-refractivity contribution in [1.82, 2.24) is 15.3 Å². The van der Waals surface area contributed by atoms with Crippen LogP contribution in [0, 0.1) is 6.92 Å². The average Bonchev–Trinajstić information content (AvgIpc) is 3.03. The number of pyridine rings is 1. The first-order chi connectivity index (χ1) is 12.5. The van der Waals surface area contributed by atoms with E-state index in [0.717, 1.165) is 35.2 Å². The average molecular weight is 372 g/mol. The Balaban J connectivity index is 1.51. The van der Waals surface area contributed by atoms with Crippen molar-refractivity contribution >= 4 is 29.1 Å². The largest absolute Gasteiger partial charge is 0.372 e. The second-order valence-corrected chi connectivity index (χ2v) is 7.59. The summed E-state index contributed by atoms with van der Waals surface area (Å²) in [4.78, 5) is 23.0. The lowest BCUT2D eigenvalue weighted by Gasteiger charge is -2.36. The van der Waals surface area contributed by atoms with E-state index in [-0.39, 0.29) is 18.1 Å². The van der Waals surface area contributed by atoms with Crippen molar-refractivity contribution in [2.75, 3.05) is 18.0 Å². The van der Waals surface area contributed by atoms with Gasteiger partial charge in [-0.2, -0.15) is 0 Å². The number of ether oxygens (including phenoxy) is 1. The first-order valence-corrected chi connectivity index (χ1v) is 9.61. The van der Waals surface area contributed by atoms with Crippen LogP contribution < -0.4 is 10.2 Å². The predicted octanol–water partition coefficient (Wildman–Crippen LogP) is 2.79. The number of hydrogen-bond acceptors (Lipinski definition) is 6. The maximum absolute atomic E-state index is 11.9. The number of aromatic nitrogens is 2. The van der Waals surface area contributed by atoms with Gasteiger partial charge in [0.2, 0.25) is 5.91 Å². The summed E-state index contributed by atoms with van der Waals surface area (Å²) in [6, 6.07) is 4.00. The Morgan fingerprint density at radius 3 is 2.77 bits per heavy atom. The summed E-state index contributed by atoms with van der Waals surface area (Å²) in [6.45, 7) is 8.22. The molecule has 3 heterocycles. The molecule has 2 atom stereocenters.